The SMILES string of the molecule is COc1cc(C(=O)N2C[C@@]3(CCC2(C)C)C[C@@H]3C#Cc2cccc3c2CN(C2CCC(=O)NC2=O)C3=O)ccc1NC(=O)[C@@H]1N[C@@H](CC(C)(C)C)[C@@]2(CNc3cc(C(F)(F)F)ncc32)[C@H]1c1cccc(Cl)c1F. The van der Waals surface area contributed by atoms with Crippen molar-refractivity contribution >= 4 is 52.5 Å². The number of methoxy groups -OCH3 is 1. The van der Waals surface area contributed by atoms with Crippen LogP contribution in [0, 0.1) is 34.4 Å². The van der Waals surface area contributed by atoms with Crippen LogP contribution in [0.1, 0.15) is 128 Å². The van der Waals surface area contributed by atoms with E-state index in [0.29, 0.717) is 35.2 Å². The zero-order chi connectivity index (χ0) is 52.2. The number of piperidine rings is 2. The van der Waals surface area contributed by atoms with E-state index >= 15 is 4.39 Å². The van der Waals surface area contributed by atoms with Gasteiger partial charge in [0.25, 0.3) is 11.8 Å². The lowest BCUT2D eigenvalue weighted by Gasteiger charge is -2.46. The third kappa shape index (κ3) is 8.77. The molecule has 1 aliphatic carbocycles. The van der Waals surface area contributed by atoms with Crippen molar-refractivity contribution in [3.63, 3.8) is 0 Å². The van der Waals surface area contributed by atoms with Gasteiger partial charge in [0.1, 0.15) is 23.3 Å². The number of fused-ring (bicyclic) bond motifs is 3. The minimum absolute atomic E-state index is 0.0112. The van der Waals surface area contributed by atoms with Gasteiger partial charge in [-0.3, -0.25) is 34.3 Å². The van der Waals surface area contributed by atoms with Crippen LogP contribution in [-0.4, -0.2) is 88.2 Å². The van der Waals surface area contributed by atoms with Crippen LogP contribution in [-0.2, 0) is 32.5 Å². The molecule has 18 heteroatoms. The first-order chi connectivity index (χ1) is 34.4. The number of likely N-dealkylation sites (tertiary alicyclic amines) is 1. The Balaban J connectivity index is 0.895. The maximum atomic E-state index is 16.4. The van der Waals surface area contributed by atoms with Gasteiger partial charge in [0, 0.05) is 94.4 Å². The van der Waals surface area contributed by atoms with E-state index in [1.54, 1.807) is 42.5 Å². The molecule has 4 fully saturated rings. The maximum absolute atomic E-state index is 16.4. The van der Waals surface area contributed by atoms with Crippen LogP contribution in [0.2, 0.25) is 5.02 Å². The zero-order valence-corrected chi connectivity index (χ0v) is 42.0. The van der Waals surface area contributed by atoms with E-state index in [1.165, 1.54) is 24.3 Å². The van der Waals surface area contributed by atoms with Gasteiger partial charge in [-0.2, -0.15) is 13.2 Å². The lowest BCUT2D eigenvalue weighted by atomic mass is 9.63. The van der Waals surface area contributed by atoms with Gasteiger partial charge in [-0.1, -0.05) is 62.4 Å². The van der Waals surface area contributed by atoms with Crippen molar-refractivity contribution in [1.82, 2.24) is 25.4 Å². The molecule has 3 aromatic carbocycles. The molecule has 1 aromatic heterocycles. The summed E-state index contributed by atoms with van der Waals surface area (Å²) < 4.78 is 64.1. The van der Waals surface area contributed by atoms with E-state index < -0.39 is 64.5 Å². The first kappa shape index (κ1) is 50.0. The lowest BCUT2D eigenvalue weighted by Crippen LogP contribution is -2.54. The first-order valence-corrected chi connectivity index (χ1v) is 24.9. The number of aromatic nitrogens is 1. The number of nitrogens with zero attached hydrogens (tertiary/aromatic N) is 3. The van der Waals surface area contributed by atoms with Crippen LogP contribution in [0.25, 0.3) is 0 Å². The summed E-state index contributed by atoms with van der Waals surface area (Å²) in [7, 11) is 1.42. The number of rotatable bonds is 7. The number of amides is 5. The summed E-state index contributed by atoms with van der Waals surface area (Å²) in [6, 6.07) is 13.2. The fourth-order valence-electron chi connectivity index (χ4n) is 12.1. The number of halogens is 5. The van der Waals surface area contributed by atoms with Crippen molar-refractivity contribution in [2.24, 2.45) is 16.7 Å². The lowest BCUT2D eigenvalue weighted by molar-refractivity contribution is -0.141. The maximum Gasteiger partial charge on any atom is 0.433 e. The number of alkyl halides is 3. The Bertz CT molecular complexity index is 3070. The summed E-state index contributed by atoms with van der Waals surface area (Å²) in [6.07, 6.45) is -0.299. The molecule has 10 rings (SSSR count). The minimum Gasteiger partial charge on any atom is -0.495 e. The molecule has 5 aliphatic heterocycles. The van der Waals surface area contributed by atoms with Gasteiger partial charge in [-0.25, -0.2) is 4.39 Å². The molecule has 2 spiro atoms. The molecule has 73 heavy (non-hydrogen) atoms. The van der Waals surface area contributed by atoms with Crippen molar-refractivity contribution in [2.75, 3.05) is 30.8 Å². The Morgan fingerprint density at radius 2 is 1.79 bits per heavy atom. The number of benzene rings is 3. The zero-order valence-electron chi connectivity index (χ0n) is 41.3. The van der Waals surface area contributed by atoms with Gasteiger partial charge in [0.15, 0.2) is 0 Å². The van der Waals surface area contributed by atoms with Crippen molar-refractivity contribution in [3.05, 3.63) is 117 Å². The topological polar surface area (TPSA) is 162 Å². The van der Waals surface area contributed by atoms with E-state index in [4.69, 9.17) is 16.3 Å². The van der Waals surface area contributed by atoms with E-state index in [9.17, 15) is 37.1 Å². The number of carbonyl (C=O) groups excluding carboxylic acids is 5. The summed E-state index contributed by atoms with van der Waals surface area (Å²) in [4.78, 5) is 74.7. The second-order valence-electron chi connectivity index (χ2n) is 22.3. The molecule has 0 bridgehead atoms. The highest BCUT2D eigenvalue weighted by molar-refractivity contribution is 6.30. The van der Waals surface area contributed by atoms with Gasteiger partial charge >= 0.3 is 6.18 Å². The summed E-state index contributed by atoms with van der Waals surface area (Å²) in [5.41, 5.74) is -0.116. The third-order valence-electron chi connectivity index (χ3n) is 16.1. The number of carbonyl (C=O) groups is 5. The summed E-state index contributed by atoms with van der Waals surface area (Å²) in [5.74, 6) is 3.35. The number of pyridine rings is 1. The Morgan fingerprint density at radius 1 is 1.03 bits per heavy atom. The molecule has 1 unspecified atom stereocenters. The molecular weight excluding hydrogens is 966 g/mol. The summed E-state index contributed by atoms with van der Waals surface area (Å²) >= 11 is 6.40. The van der Waals surface area contributed by atoms with Crippen LogP contribution >= 0.6 is 11.6 Å². The van der Waals surface area contributed by atoms with Crippen molar-refractivity contribution < 1.29 is 46.3 Å². The standard InChI is InChI=1S/C55H56ClF4N7O6/c1-51(2,3)24-42-54(27-62-38-22-41(55(58,59)60)61-25-35(38)54)44(33-11-8-12-36(56)45(33)57)46(64-42)48(70)63-37-16-14-30(21-40(37)73-6)49(71)67-28-53(20-19-52(67,4)5)23-31(53)15-13-29-9-7-10-32-34(29)26-66(50(32)72)39-17-18-43(68)65-47(39)69/h7-12,14,16,21-22,25,31,39,42,44,46,62,64H,17-20,23-24,26-28H2,1-6H3,(H,63,70)(H,65,68,69)/t31-,39?,42-,44-,46+,53+,54-/m0/s1. The molecule has 0 radical (unpaired) electrons. The van der Waals surface area contributed by atoms with Gasteiger partial charge in [0.2, 0.25) is 17.7 Å². The number of ether oxygens (including phenoxy) is 1. The predicted octanol–water partition coefficient (Wildman–Crippen LogP) is 8.60. The molecule has 3 saturated heterocycles. The third-order valence-corrected chi connectivity index (χ3v) is 16.4. The second-order valence-corrected chi connectivity index (χ2v) is 22.7. The molecule has 6 heterocycles. The number of hydrogen-bond acceptors (Lipinski definition) is 9. The Hall–Kier alpha value is -6.51. The fourth-order valence-corrected chi connectivity index (χ4v) is 12.3. The average Bonchev–Trinajstić information content (AvgIpc) is 3.52. The quantitative estimate of drug-likeness (QED) is 0.0808. The van der Waals surface area contributed by atoms with Crippen LogP contribution in [0.15, 0.2) is 66.9 Å². The Labute approximate surface area is 425 Å². The van der Waals surface area contributed by atoms with Crippen LogP contribution in [0.4, 0.5) is 28.9 Å². The van der Waals surface area contributed by atoms with Gasteiger partial charge in [-0.15, -0.1) is 0 Å². The first-order valence-electron chi connectivity index (χ1n) is 24.6. The molecule has 6 aliphatic rings. The molecule has 13 nitrogen and oxygen atoms in total. The number of anilines is 2. The van der Waals surface area contributed by atoms with Crippen molar-refractivity contribution in [2.45, 2.75) is 121 Å². The van der Waals surface area contributed by atoms with Gasteiger partial charge in [-0.05, 0) is 105 Å². The monoisotopic (exact) mass is 1020 g/mol. The van der Waals surface area contributed by atoms with Crippen LogP contribution in [0.3, 0.4) is 0 Å². The minimum atomic E-state index is -4.71. The molecule has 5 amide bonds. The van der Waals surface area contributed by atoms with Gasteiger partial charge in [0.05, 0.1) is 23.9 Å². The van der Waals surface area contributed by atoms with E-state index in [0.717, 1.165) is 30.9 Å². The average molecular weight is 1020 g/mol. The highest BCUT2D eigenvalue weighted by Crippen LogP contribution is 2.60. The smallest absolute Gasteiger partial charge is 0.433 e. The van der Waals surface area contributed by atoms with Crippen molar-refractivity contribution in [3.8, 4) is 17.6 Å². The molecule has 7 atom stereocenters. The predicted molar refractivity (Wildman–Crippen MR) is 264 cm³/mol. The Morgan fingerprint density at radius 3 is 2.52 bits per heavy atom. The van der Waals surface area contributed by atoms with E-state index in [-0.39, 0.29) is 88.1 Å². The van der Waals surface area contributed by atoms with E-state index in [2.05, 4.69) is 38.1 Å². The summed E-state index contributed by atoms with van der Waals surface area (Å²) in [5, 5.41) is 11.8. The van der Waals surface area contributed by atoms with Crippen molar-refractivity contribution in [1.29, 1.82) is 0 Å². The highest BCUT2D eigenvalue weighted by Gasteiger charge is 2.63. The van der Waals surface area contributed by atoms with Crippen LogP contribution in [0.5, 0.6) is 5.75 Å². The number of hydrogen-bond donors (Lipinski definition) is 4. The number of nitrogens with one attached hydrogen (secondary N) is 4. The molecule has 1 saturated carbocycles. The Kier molecular flexibility index (Phi) is 12.2. The molecule has 4 aromatic rings. The second kappa shape index (κ2) is 17.9. The molecule has 382 valence electrons. The summed E-state index contributed by atoms with van der Waals surface area (Å²) in [6.45, 7) is 10.8. The fraction of sp³-hybridized carbons (Fsp3) is 0.455. The largest absolute Gasteiger partial charge is 0.495 e. The molecule has 4 N–H and O–H groups in total. The highest BCUT2D eigenvalue weighted by atomic mass is 35.5. The van der Waals surface area contributed by atoms with E-state index in [1.807, 2.05) is 45.6 Å². The normalized spacial score (nSPS) is 27.0. The van der Waals surface area contributed by atoms with Gasteiger partial charge < -0.3 is 30.5 Å². The van der Waals surface area contributed by atoms with Crippen LogP contribution < -0.4 is 26.0 Å². The number of imide groups is 1. The molecular formula is C55H56ClF4N7O6.